The van der Waals surface area contributed by atoms with E-state index in [0.29, 0.717) is 10.2 Å². The van der Waals surface area contributed by atoms with Gasteiger partial charge in [0, 0.05) is 0 Å². The van der Waals surface area contributed by atoms with Crippen LogP contribution in [0.25, 0.3) is 16.7 Å². The number of aryl methyl sites for hydroxylation is 2. The zero-order valence-electron chi connectivity index (χ0n) is 18.7. The number of thiazole rings is 1. The molecule has 7 heteroatoms. The molecular formula is C27H22N2O3S2. The number of hydrogen-bond donors (Lipinski definition) is 0. The lowest BCUT2D eigenvalue weighted by Gasteiger charge is -2.06. The maximum atomic E-state index is 13.5. The monoisotopic (exact) mass is 486 g/mol. The maximum Gasteiger partial charge on any atom is 0.273 e. The minimum absolute atomic E-state index is 0.0111. The van der Waals surface area contributed by atoms with Gasteiger partial charge < -0.3 is 0 Å². The van der Waals surface area contributed by atoms with Crippen molar-refractivity contribution in [2.75, 3.05) is 0 Å². The molecule has 0 aliphatic heterocycles. The van der Waals surface area contributed by atoms with E-state index in [-0.39, 0.29) is 15.1 Å². The van der Waals surface area contributed by atoms with Crippen LogP contribution in [-0.2, 0) is 16.3 Å². The molecule has 0 fully saturated rings. The highest BCUT2D eigenvalue weighted by molar-refractivity contribution is 8.00. The lowest BCUT2D eigenvalue weighted by molar-refractivity contribution is 0.606. The molecule has 3 aromatic carbocycles. The minimum Gasteiger partial charge on any atom is -0.267 e. The first-order valence-corrected chi connectivity index (χ1v) is 13.0. The summed E-state index contributed by atoms with van der Waals surface area (Å²) in [6.45, 7) is 3.88. The van der Waals surface area contributed by atoms with Gasteiger partial charge in [-0.2, -0.15) is 5.26 Å². The van der Waals surface area contributed by atoms with Crippen LogP contribution >= 0.6 is 11.3 Å². The van der Waals surface area contributed by atoms with Gasteiger partial charge in [-0.05, 0) is 54.8 Å². The van der Waals surface area contributed by atoms with Crippen molar-refractivity contribution in [3.05, 3.63) is 115 Å². The molecule has 0 saturated heterocycles. The summed E-state index contributed by atoms with van der Waals surface area (Å²) in [7, 11) is -4.15. The van der Waals surface area contributed by atoms with Crippen molar-refractivity contribution in [2.24, 2.45) is 0 Å². The average Bonchev–Trinajstić information content (AvgIpc) is 3.15. The van der Waals surface area contributed by atoms with Crippen LogP contribution in [0.1, 0.15) is 23.6 Å². The largest absolute Gasteiger partial charge is 0.273 e. The van der Waals surface area contributed by atoms with E-state index in [1.165, 1.54) is 16.7 Å². The summed E-state index contributed by atoms with van der Waals surface area (Å²) in [6, 6.07) is 24.8. The molecule has 0 N–H and O–H groups in total. The fraction of sp³-hybridized carbons (Fsp3) is 0.111. The molecule has 0 aliphatic rings. The van der Waals surface area contributed by atoms with E-state index in [2.05, 4.69) is 0 Å². The van der Waals surface area contributed by atoms with Crippen LogP contribution in [0.5, 0.6) is 0 Å². The van der Waals surface area contributed by atoms with Crippen molar-refractivity contribution in [3.8, 4) is 11.8 Å². The smallest absolute Gasteiger partial charge is 0.267 e. The summed E-state index contributed by atoms with van der Waals surface area (Å²) in [6.07, 6.45) is 2.54. The minimum atomic E-state index is -4.15. The molecule has 0 spiro atoms. The summed E-state index contributed by atoms with van der Waals surface area (Å²) in [5.74, 6) is 0. The summed E-state index contributed by atoms with van der Waals surface area (Å²) in [5.41, 5.74) is 2.93. The number of nitrogens with zero attached hydrogens (tertiary/aromatic N) is 2. The predicted octanol–water partition coefficient (Wildman–Crippen LogP) is 3.70. The van der Waals surface area contributed by atoms with Crippen molar-refractivity contribution in [1.29, 1.82) is 5.26 Å². The topological polar surface area (TPSA) is 79.9 Å². The molecule has 0 radical (unpaired) electrons. The Hall–Kier alpha value is -3.73. The van der Waals surface area contributed by atoms with Gasteiger partial charge in [-0.15, -0.1) is 11.3 Å². The average molecular weight is 487 g/mol. The molecule has 5 nitrogen and oxygen atoms in total. The molecular weight excluding hydrogens is 464 g/mol. The van der Waals surface area contributed by atoms with E-state index in [1.54, 1.807) is 30.3 Å². The highest BCUT2D eigenvalue weighted by Crippen LogP contribution is 2.20. The first-order valence-electron chi connectivity index (χ1n) is 10.7. The number of sulfone groups is 1. The normalized spacial score (nSPS) is 12.9. The summed E-state index contributed by atoms with van der Waals surface area (Å²) >= 11 is 0.999. The third-order valence-electron chi connectivity index (χ3n) is 5.42. The quantitative estimate of drug-likeness (QED) is 0.431. The van der Waals surface area contributed by atoms with Gasteiger partial charge in [-0.25, -0.2) is 8.42 Å². The first kappa shape index (κ1) is 23.4. The Morgan fingerprint density at radius 1 is 1.00 bits per heavy atom. The maximum absolute atomic E-state index is 13.5. The second-order valence-corrected chi connectivity index (χ2v) is 10.7. The Labute approximate surface area is 202 Å². The van der Waals surface area contributed by atoms with Crippen LogP contribution in [0.3, 0.4) is 0 Å². The molecule has 0 saturated carbocycles. The molecule has 0 unspecified atom stereocenters. The molecule has 4 rings (SSSR count). The van der Waals surface area contributed by atoms with E-state index in [9.17, 15) is 18.5 Å². The lowest BCUT2D eigenvalue weighted by atomic mass is 10.1. The van der Waals surface area contributed by atoms with Gasteiger partial charge in [0.05, 0.1) is 15.1 Å². The summed E-state index contributed by atoms with van der Waals surface area (Å²) in [4.78, 5) is 13.1. The highest BCUT2D eigenvalue weighted by atomic mass is 32.2. The zero-order chi connectivity index (χ0) is 24.3. The van der Waals surface area contributed by atoms with E-state index < -0.39 is 14.7 Å². The van der Waals surface area contributed by atoms with Crippen LogP contribution in [-0.4, -0.2) is 13.0 Å². The van der Waals surface area contributed by atoms with Crippen molar-refractivity contribution in [3.63, 3.8) is 0 Å². The van der Waals surface area contributed by atoms with Crippen molar-refractivity contribution >= 4 is 32.2 Å². The van der Waals surface area contributed by atoms with Gasteiger partial charge in [0.1, 0.15) is 10.7 Å². The summed E-state index contributed by atoms with van der Waals surface area (Å²) < 4.78 is 28.7. The van der Waals surface area contributed by atoms with Gasteiger partial charge in [0.15, 0.2) is 4.91 Å². The van der Waals surface area contributed by atoms with E-state index in [4.69, 9.17) is 0 Å². The number of nitriles is 1. The third kappa shape index (κ3) is 4.51. The van der Waals surface area contributed by atoms with Crippen molar-refractivity contribution < 1.29 is 8.42 Å². The third-order valence-corrected chi connectivity index (χ3v) is 8.36. The number of rotatable bonds is 5. The Morgan fingerprint density at radius 2 is 1.65 bits per heavy atom. The second-order valence-electron chi connectivity index (χ2n) is 7.74. The molecule has 0 atom stereocenters. The van der Waals surface area contributed by atoms with Gasteiger partial charge in [-0.1, -0.05) is 67.1 Å². The SMILES string of the molecule is CCc1ccc(-n2c(=O)/c(=C\c3ccccc3)s/c2=C(\C#N)S(=O)(=O)c2ccc(C)cc2)cc1. The fourth-order valence-electron chi connectivity index (χ4n) is 3.51. The highest BCUT2D eigenvalue weighted by Gasteiger charge is 2.25. The van der Waals surface area contributed by atoms with Crippen LogP contribution in [0.2, 0.25) is 0 Å². The fourth-order valence-corrected chi connectivity index (χ4v) is 6.13. The van der Waals surface area contributed by atoms with Gasteiger partial charge in [0.2, 0.25) is 9.84 Å². The number of hydrogen-bond acceptors (Lipinski definition) is 5. The number of aromatic nitrogens is 1. The Kier molecular flexibility index (Phi) is 6.64. The standard InChI is InChI=1S/C27H22N2O3S2/c1-3-20-11-13-22(14-12-20)29-26(30)24(17-21-7-5-4-6-8-21)33-27(29)25(18-28)34(31,32)23-15-9-19(2)10-16-23/h4-17H,3H2,1-2H3/b24-17+,27-25+. The molecule has 4 aromatic rings. The van der Waals surface area contributed by atoms with Crippen LogP contribution in [0.15, 0.2) is 88.6 Å². The molecule has 170 valence electrons. The van der Waals surface area contributed by atoms with Gasteiger partial charge >= 0.3 is 0 Å². The molecule has 34 heavy (non-hydrogen) atoms. The molecule has 0 aliphatic carbocycles. The van der Waals surface area contributed by atoms with Crippen LogP contribution < -0.4 is 14.8 Å². The Bertz CT molecular complexity index is 1660. The van der Waals surface area contributed by atoms with E-state index in [1.807, 2.05) is 62.4 Å². The predicted molar refractivity (Wildman–Crippen MR) is 136 cm³/mol. The second kappa shape index (κ2) is 9.64. The molecule has 0 amide bonds. The lowest BCUT2D eigenvalue weighted by Crippen LogP contribution is -2.31. The molecule has 1 aromatic heterocycles. The van der Waals surface area contributed by atoms with Gasteiger partial charge in [-0.3, -0.25) is 9.36 Å². The zero-order valence-corrected chi connectivity index (χ0v) is 20.4. The van der Waals surface area contributed by atoms with Crippen molar-refractivity contribution in [2.45, 2.75) is 25.2 Å². The van der Waals surface area contributed by atoms with E-state index in [0.717, 1.165) is 34.4 Å². The molecule has 0 bridgehead atoms. The molecule has 1 heterocycles. The summed E-state index contributed by atoms with van der Waals surface area (Å²) in [5, 5.41) is 9.99. The van der Waals surface area contributed by atoms with Crippen molar-refractivity contribution in [1.82, 2.24) is 4.57 Å². The van der Waals surface area contributed by atoms with Crippen LogP contribution in [0.4, 0.5) is 0 Å². The number of benzene rings is 3. The van der Waals surface area contributed by atoms with Crippen LogP contribution in [0, 0.1) is 18.3 Å². The Morgan fingerprint density at radius 3 is 2.24 bits per heavy atom. The van der Waals surface area contributed by atoms with Gasteiger partial charge in [0.25, 0.3) is 5.56 Å². The first-order chi connectivity index (χ1) is 16.3. The Balaban J connectivity index is 2.09. The van der Waals surface area contributed by atoms with E-state index >= 15 is 0 Å².